The summed E-state index contributed by atoms with van der Waals surface area (Å²) in [5, 5.41) is 6.47. The number of halogens is 1. The lowest BCUT2D eigenvalue weighted by molar-refractivity contribution is -0.124. The van der Waals surface area contributed by atoms with Gasteiger partial charge in [0.2, 0.25) is 5.91 Å². The first-order valence-corrected chi connectivity index (χ1v) is 9.41. The quantitative estimate of drug-likeness (QED) is 0.801. The zero-order valence-corrected chi connectivity index (χ0v) is 16.7. The molecule has 2 rings (SSSR count). The Morgan fingerprint density at radius 1 is 1.38 bits per heavy atom. The van der Waals surface area contributed by atoms with Crippen LogP contribution in [0.3, 0.4) is 0 Å². The number of hydrogen-bond acceptors (Lipinski definition) is 4. The van der Waals surface area contributed by atoms with Gasteiger partial charge in [-0.05, 0) is 87.1 Å². The van der Waals surface area contributed by atoms with E-state index in [-0.39, 0.29) is 11.4 Å². The minimum Gasteiger partial charge on any atom is -0.370 e. The maximum absolute atomic E-state index is 12.0. The third-order valence-corrected chi connectivity index (χ3v) is 5.04. The van der Waals surface area contributed by atoms with E-state index in [0.29, 0.717) is 12.5 Å². The molecule has 0 aromatic carbocycles. The molecular weight excluding hydrogens is 368 g/mol. The second kappa shape index (κ2) is 8.30. The second-order valence-corrected chi connectivity index (χ2v) is 8.57. The Morgan fingerprint density at radius 3 is 2.62 bits per heavy atom. The Kier molecular flexibility index (Phi) is 6.63. The van der Waals surface area contributed by atoms with E-state index in [1.807, 2.05) is 27.0 Å². The summed E-state index contributed by atoms with van der Waals surface area (Å²) in [6.07, 6.45) is 4.07. The van der Waals surface area contributed by atoms with Gasteiger partial charge in [0, 0.05) is 22.8 Å². The molecule has 1 aliphatic rings. The van der Waals surface area contributed by atoms with Crippen molar-refractivity contribution < 1.29 is 4.79 Å². The number of carbonyl (C=O) groups is 1. The molecule has 6 heteroatoms. The fourth-order valence-corrected chi connectivity index (χ4v) is 3.11. The van der Waals surface area contributed by atoms with Crippen LogP contribution in [-0.4, -0.2) is 47.5 Å². The summed E-state index contributed by atoms with van der Waals surface area (Å²) in [5.74, 6) is 1.69. The summed E-state index contributed by atoms with van der Waals surface area (Å²) in [4.78, 5) is 18.6. The molecule has 1 fully saturated rings. The summed E-state index contributed by atoms with van der Waals surface area (Å²) < 4.78 is 1.04. The Bertz CT molecular complexity index is 563. The predicted molar refractivity (Wildman–Crippen MR) is 102 cm³/mol. The summed E-state index contributed by atoms with van der Waals surface area (Å²) >= 11 is 3.47. The molecule has 0 atom stereocenters. The van der Waals surface area contributed by atoms with Crippen LogP contribution >= 0.6 is 15.9 Å². The number of hydrogen-bond donors (Lipinski definition) is 2. The molecule has 0 radical (unpaired) electrons. The third-order valence-electron chi connectivity index (χ3n) is 4.21. The van der Waals surface area contributed by atoms with Gasteiger partial charge in [-0.15, -0.1) is 0 Å². The Morgan fingerprint density at radius 2 is 2.04 bits per heavy atom. The van der Waals surface area contributed by atoms with Gasteiger partial charge in [-0.25, -0.2) is 4.98 Å². The van der Waals surface area contributed by atoms with Crippen molar-refractivity contribution in [1.82, 2.24) is 15.2 Å². The lowest BCUT2D eigenvalue weighted by atomic mass is 9.96. The van der Waals surface area contributed by atoms with Crippen molar-refractivity contribution in [3.63, 3.8) is 0 Å². The highest BCUT2D eigenvalue weighted by Gasteiger charge is 2.22. The molecule has 134 valence electrons. The molecule has 0 unspecified atom stereocenters. The zero-order chi connectivity index (χ0) is 17.7. The number of nitrogens with zero attached hydrogens (tertiary/aromatic N) is 2. The molecule has 24 heavy (non-hydrogen) atoms. The van der Waals surface area contributed by atoms with Gasteiger partial charge in [0.15, 0.2) is 0 Å². The molecule has 2 N–H and O–H groups in total. The Balaban J connectivity index is 1.71. The predicted octanol–water partition coefficient (Wildman–Crippen LogP) is 3.19. The van der Waals surface area contributed by atoms with Gasteiger partial charge in [-0.1, -0.05) is 0 Å². The van der Waals surface area contributed by atoms with Crippen molar-refractivity contribution in [2.24, 2.45) is 5.92 Å². The van der Waals surface area contributed by atoms with E-state index >= 15 is 0 Å². The van der Waals surface area contributed by atoms with Gasteiger partial charge < -0.3 is 10.6 Å². The number of rotatable bonds is 5. The number of likely N-dealkylation sites (tertiary alicyclic amines) is 1. The number of aryl methyl sites for hydroxylation is 1. The standard InChI is InChI=1S/C18H29BrN4O/c1-13-9-16(21-11-15(13)19)20-10-14-5-7-23(8-6-14)12-17(24)22-18(2,3)4/h9,11,14H,5-8,10,12H2,1-4H3,(H,20,21)(H,22,24). The highest BCUT2D eigenvalue weighted by atomic mass is 79.9. The molecule has 5 nitrogen and oxygen atoms in total. The van der Waals surface area contributed by atoms with Crippen LogP contribution in [0, 0.1) is 12.8 Å². The minimum absolute atomic E-state index is 0.119. The van der Waals surface area contributed by atoms with E-state index in [9.17, 15) is 4.79 Å². The molecule has 1 aromatic rings. The number of aromatic nitrogens is 1. The highest BCUT2D eigenvalue weighted by molar-refractivity contribution is 9.10. The highest BCUT2D eigenvalue weighted by Crippen LogP contribution is 2.20. The fraction of sp³-hybridized carbons (Fsp3) is 0.667. The Labute approximate surface area is 153 Å². The molecule has 1 aliphatic heterocycles. The lowest BCUT2D eigenvalue weighted by Crippen LogP contribution is -2.47. The topological polar surface area (TPSA) is 57.3 Å². The van der Waals surface area contributed by atoms with Crippen molar-refractivity contribution in [2.45, 2.75) is 46.1 Å². The third kappa shape index (κ3) is 6.40. The maximum Gasteiger partial charge on any atom is 0.234 e. The molecule has 1 amide bonds. The van der Waals surface area contributed by atoms with Crippen LogP contribution < -0.4 is 10.6 Å². The van der Waals surface area contributed by atoms with E-state index in [1.165, 1.54) is 5.56 Å². The van der Waals surface area contributed by atoms with Crippen LogP contribution in [0.4, 0.5) is 5.82 Å². The fourth-order valence-electron chi connectivity index (χ4n) is 2.89. The van der Waals surface area contributed by atoms with Gasteiger partial charge in [0.05, 0.1) is 6.54 Å². The molecule has 0 saturated carbocycles. The molecule has 1 aromatic heterocycles. The van der Waals surface area contributed by atoms with Crippen LogP contribution in [-0.2, 0) is 4.79 Å². The van der Waals surface area contributed by atoms with Crippen LogP contribution in [0.1, 0.15) is 39.2 Å². The number of carbonyl (C=O) groups excluding carboxylic acids is 1. The van der Waals surface area contributed by atoms with Gasteiger partial charge in [-0.2, -0.15) is 0 Å². The van der Waals surface area contributed by atoms with Gasteiger partial charge >= 0.3 is 0 Å². The molecule has 1 saturated heterocycles. The van der Waals surface area contributed by atoms with Gasteiger partial charge in [0.1, 0.15) is 5.82 Å². The first-order valence-electron chi connectivity index (χ1n) is 8.62. The summed E-state index contributed by atoms with van der Waals surface area (Å²) in [7, 11) is 0. The SMILES string of the molecule is Cc1cc(NCC2CCN(CC(=O)NC(C)(C)C)CC2)ncc1Br. The number of pyridine rings is 1. The summed E-state index contributed by atoms with van der Waals surface area (Å²) in [6.45, 7) is 11.5. The number of piperidine rings is 1. The van der Waals surface area contributed by atoms with E-state index in [0.717, 1.165) is 42.8 Å². The van der Waals surface area contributed by atoms with E-state index in [1.54, 1.807) is 0 Å². The first kappa shape index (κ1) is 19.2. The van der Waals surface area contributed by atoms with E-state index < -0.39 is 0 Å². The van der Waals surface area contributed by atoms with E-state index in [2.05, 4.69) is 49.4 Å². The van der Waals surface area contributed by atoms with Crippen molar-refractivity contribution in [1.29, 1.82) is 0 Å². The molecule has 0 spiro atoms. The number of anilines is 1. The minimum atomic E-state index is -0.158. The molecule has 0 bridgehead atoms. The Hall–Kier alpha value is -1.14. The molecular formula is C18H29BrN4O. The van der Waals surface area contributed by atoms with Crippen molar-refractivity contribution in [2.75, 3.05) is 31.5 Å². The lowest BCUT2D eigenvalue weighted by Gasteiger charge is -2.32. The second-order valence-electron chi connectivity index (χ2n) is 7.72. The normalized spacial score (nSPS) is 16.9. The van der Waals surface area contributed by atoms with Crippen LogP contribution in [0.5, 0.6) is 0 Å². The average Bonchev–Trinajstić information content (AvgIpc) is 2.48. The van der Waals surface area contributed by atoms with Gasteiger partial charge in [-0.3, -0.25) is 9.69 Å². The number of amides is 1. The molecule has 2 heterocycles. The largest absolute Gasteiger partial charge is 0.370 e. The van der Waals surface area contributed by atoms with E-state index in [4.69, 9.17) is 0 Å². The first-order chi connectivity index (χ1) is 11.2. The van der Waals surface area contributed by atoms with Crippen LogP contribution in [0.25, 0.3) is 0 Å². The van der Waals surface area contributed by atoms with Crippen LogP contribution in [0.15, 0.2) is 16.7 Å². The smallest absolute Gasteiger partial charge is 0.234 e. The van der Waals surface area contributed by atoms with Crippen molar-refractivity contribution in [3.8, 4) is 0 Å². The monoisotopic (exact) mass is 396 g/mol. The van der Waals surface area contributed by atoms with Gasteiger partial charge in [0.25, 0.3) is 0 Å². The molecule has 0 aliphatic carbocycles. The zero-order valence-electron chi connectivity index (χ0n) is 15.2. The van der Waals surface area contributed by atoms with Crippen LogP contribution in [0.2, 0.25) is 0 Å². The van der Waals surface area contributed by atoms with Crippen molar-refractivity contribution >= 4 is 27.7 Å². The van der Waals surface area contributed by atoms with Crippen molar-refractivity contribution in [3.05, 3.63) is 22.3 Å². The maximum atomic E-state index is 12.0. The number of nitrogens with one attached hydrogen (secondary N) is 2. The average molecular weight is 397 g/mol. The summed E-state index contributed by atoms with van der Waals surface area (Å²) in [5.41, 5.74) is 1.03. The summed E-state index contributed by atoms with van der Waals surface area (Å²) in [6, 6.07) is 2.07.